The molecular weight excluding hydrogens is 410 g/mol. The molecule has 0 spiro atoms. The fraction of sp³-hybridized carbons (Fsp3) is 0.150. The van der Waals surface area contributed by atoms with E-state index in [4.69, 9.17) is 4.74 Å². The molecule has 1 N–H and O–H groups in total. The van der Waals surface area contributed by atoms with E-state index < -0.39 is 28.9 Å². The van der Waals surface area contributed by atoms with Crippen molar-refractivity contribution < 1.29 is 19.2 Å². The standard InChI is InChI=1S/C20H17N3O6S/c1-2-29-20(26)18-15(13-6-4-3-5-7-13)12-30-19(18)21-16(24)11-22-10-14(23(27)28)8-9-17(22)25/h3-10,12H,2,11H2,1H3,(H,21,24). The maximum absolute atomic E-state index is 12.5. The van der Waals surface area contributed by atoms with Gasteiger partial charge in [0.2, 0.25) is 5.91 Å². The van der Waals surface area contributed by atoms with Crippen molar-refractivity contribution in [3.05, 3.63) is 80.1 Å². The van der Waals surface area contributed by atoms with Gasteiger partial charge in [0, 0.05) is 23.1 Å². The van der Waals surface area contributed by atoms with Crippen LogP contribution in [0.3, 0.4) is 0 Å². The molecule has 0 atom stereocenters. The molecule has 2 heterocycles. The minimum absolute atomic E-state index is 0.166. The van der Waals surface area contributed by atoms with E-state index in [1.807, 2.05) is 30.3 Å². The summed E-state index contributed by atoms with van der Waals surface area (Å²) in [7, 11) is 0. The highest BCUT2D eigenvalue weighted by Gasteiger charge is 2.23. The first-order valence-corrected chi connectivity index (χ1v) is 9.77. The number of nitrogens with zero attached hydrogens (tertiary/aromatic N) is 2. The van der Waals surface area contributed by atoms with Crippen LogP contribution in [-0.4, -0.2) is 28.0 Å². The lowest BCUT2D eigenvalue weighted by Crippen LogP contribution is -2.27. The van der Waals surface area contributed by atoms with E-state index in [-0.39, 0.29) is 22.9 Å². The van der Waals surface area contributed by atoms with Crippen LogP contribution in [0.2, 0.25) is 0 Å². The second-order valence-electron chi connectivity index (χ2n) is 6.10. The fourth-order valence-corrected chi connectivity index (χ4v) is 3.73. The van der Waals surface area contributed by atoms with Crippen molar-refractivity contribution in [1.82, 2.24) is 4.57 Å². The number of amides is 1. The van der Waals surface area contributed by atoms with Crippen molar-refractivity contribution in [2.45, 2.75) is 13.5 Å². The van der Waals surface area contributed by atoms with Crippen LogP contribution in [0.5, 0.6) is 0 Å². The van der Waals surface area contributed by atoms with E-state index in [0.29, 0.717) is 5.56 Å². The van der Waals surface area contributed by atoms with E-state index >= 15 is 0 Å². The highest BCUT2D eigenvalue weighted by atomic mass is 32.1. The molecule has 10 heteroatoms. The molecule has 0 unspecified atom stereocenters. The molecule has 0 aliphatic heterocycles. The molecule has 0 bridgehead atoms. The molecule has 0 saturated carbocycles. The zero-order valence-electron chi connectivity index (χ0n) is 15.9. The Morgan fingerprint density at radius 1 is 1.20 bits per heavy atom. The number of carbonyl (C=O) groups is 2. The Morgan fingerprint density at radius 2 is 1.93 bits per heavy atom. The van der Waals surface area contributed by atoms with E-state index in [2.05, 4.69) is 5.32 Å². The lowest BCUT2D eigenvalue weighted by molar-refractivity contribution is -0.385. The van der Waals surface area contributed by atoms with Crippen molar-refractivity contribution in [2.24, 2.45) is 0 Å². The molecule has 0 aliphatic carbocycles. The molecule has 3 rings (SSSR count). The van der Waals surface area contributed by atoms with Gasteiger partial charge in [-0.15, -0.1) is 11.3 Å². The molecule has 3 aromatic rings. The number of aromatic nitrogens is 1. The van der Waals surface area contributed by atoms with Crippen LogP contribution in [0, 0.1) is 10.1 Å². The lowest BCUT2D eigenvalue weighted by Gasteiger charge is -2.09. The van der Waals surface area contributed by atoms with Gasteiger partial charge in [-0.2, -0.15) is 0 Å². The summed E-state index contributed by atoms with van der Waals surface area (Å²) in [6.45, 7) is 1.40. The monoisotopic (exact) mass is 427 g/mol. The highest BCUT2D eigenvalue weighted by molar-refractivity contribution is 7.15. The zero-order chi connectivity index (χ0) is 21.7. The van der Waals surface area contributed by atoms with Gasteiger partial charge in [-0.05, 0) is 12.5 Å². The van der Waals surface area contributed by atoms with Gasteiger partial charge in [0.1, 0.15) is 17.1 Å². The van der Waals surface area contributed by atoms with E-state index in [1.54, 1.807) is 12.3 Å². The Balaban J connectivity index is 1.89. The van der Waals surface area contributed by atoms with E-state index in [1.165, 1.54) is 0 Å². The smallest absolute Gasteiger partial charge is 0.341 e. The minimum atomic E-state index is -0.655. The van der Waals surface area contributed by atoms with Gasteiger partial charge >= 0.3 is 5.97 Å². The number of anilines is 1. The Bertz CT molecular complexity index is 1150. The molecule has 1 amide bonds. The summed E-state index contributed by atoms with van der Waals surface area (Å²) in [4.78, 5) is 47.2. The summed E-state index contributed by atoms with van der Waals surface area (Å²) in [5.41, 5.74) is 0.747. The Hall–Kier alpha value is -3.79. The van der Waals surface area contributed by atoms with E-state index in [0.717, 1.165) is 39.8 Å². The second-order valence-corrected chi connectivity index (χ2v) is 6.98. The number of nitrogens with one attached hydrogen (secondary N) is 1. The van der Waals surface area contributed by atoms with Crippen molar-refractivity contribution in [2.75, 3.05) is 11.9 Å². The summed E-state index contributed by atoms with van der Waals surface area (Å²) in [5.74, 6) is -1.19. The Labute approximate surface area is 174 Å². The highest BCUT2D eigenvalue weighted by Crippen LogP contribution is 2.36. The number of ether oxygens (including phenoxy) is 1. The van der Waals surface area contributed by atoms with Gasteiger partial charge in [0.05, 0.1) is 17.7 Å². The minimum Gasteiger partial charge on any atom is -0.462 e. The van der Waals surface area contributed by atoms with Crippen molar-refractivity contribution in [1.29, 1.82) is 0 Å². The van der Waals surface area contributed by atoms with Crippen LogP contribution in [0.15, 0.2) is 58.8 Å². The molecule has 2 aromatic heterocycles. The average molecular weight is 427 g/mol. The zero-order valence-corrected chi connectivity index (χ0v) is 16.7. The van der Waals surface area contributed by atoms with Crippen LogP contribution in [0.25, 0.3) is 11.1 Å². The topological polar surface area (TPSA) is 121 Å². The lowest BCUT2D eigenvalue weighted by atomic mass is 10.0. The number of nitro groups is 1. The van der Waals surface area contributed by atoms with Crippen molar-refractivity contribution >= 4 is 33.9 Å². The molecule has 9 nitrogen and oxygen atoms in total. The fourth-order valence-electron chi connectivity index (χ4n) is 2.76. The largest absolute Gasteiger partial charge is 0.462 e. The van der Waals surface area contributed by atoms with Gasteiger partial charge in [-0.3, -0.25) is 24.3 Å². The Morgan fingerprint density at radius 3 is 2.60 bits per heavy atom. The van der Waals surface area contributed by atoms with Crippen LogP contribution in [0.1, 0.15) is 17.3 Å². The number of hydrogen-bond acceptors (Lipinski definition) is 7. The first-order valence-electron chi connectivity index (χ1n) is 8.89. The number of benzene rings is 1. The van der Waals surface area contributed by atoms with Gasteiger partial charge in [0.15, 0.2) is 0 Å². The van der Waals surface area contributed by atoms with Crippen molar-refractivity contribution in [3.8, 4) is 11.1 Å². The van der Waals surface area contributed by atoms with Crippen LogP contribution in [0.4, 0.5) is 10.7 Å². The Kier molecular flexibility index (Phi) is 6.38. The molecule has 30 heavy (non-hydrogen) atoms. The molecular formula is C20H17N3O6S. The molecule has 154 valence electrons. The number of esters is 1. The summed E-state index contributed by atoms with van der Waals surface area (Å²) >= 11 is 1.15. The molecule has 0 saturated heterocycles. The quantitative estimate of drug-likeness (QED) is 0.351. The summed E-state index contributed by atoms with van der Waals surface area (Å²) < 4.78 is 6.07. The third-order valence-electron chi connectivity index (χ3n) is 4.10. The normalized spacial score (nSPS) is 10.4. The predicted octanol–water partition coefficient (Wildman–Crippen LogP) is 3.30. The summed E-state index contributed by atoms with van der Waals surface area (Å²) in [5, 5.41) is 15.5. The third kappa shape index (κ3) is 4.61. The van der Waals surface area contributed by atoms with Crippen LogP contribution in [-0.2, 0) is 16.1 Å². The second kappa shape index (κ2) is 9.14. The first-order chi connectivity index (χ1) is 14.4. The summed E-state index contributed by atoms with van der Waals surface area (Å²) in [6, 6.07) is 11.3. The SMILES string of the molecule is CCOC(=O)c1c(-c2ccccc2)csc1NC(=O)Cn1cc([N+](=O)[O-])ccc1=O. The molecule has 0 radical (unpaired) electrons. The van der Waals surface area contributed by atoms with E-state index in [9.17, 15) is 24.5 Å². The number of thiophene rings is 1. The van der Waals surface area contributed by atoms with Gasteiger partial charge in [-0.1, -0.05) is 30.3 Å². The van der Waals surface area contributed by atoms with Crippen LogP contribution < -0.4 is 10.9 Å². The van der Waals surface area contributed by atoms with Gasteiger partial charge in [-0.25, -0.2) is 4.79 Å². The number of pyridine rings is 1. The van der Waals surface area contributed by atoms with Crippen LogP contribution >= 0.6 is 11.3 Å². The maximum atomic E-state index is 12.5. The first kappa shape index (κ1) is 20.9. The van der Waals surface area contributed by atoms with Gasteiger partial charge in [0.25, 0.3) is 11.2 Å². The van der Waals surface area contributed by atoms with Gasteiger partial charge < -0.3 is 10.1 Å². The maximum Gasteiger partial charge on any atom is 0.341 e. The number of rotatable bonds is 7. The van der Waals surface area contributed by atoms with Crippen molar-refractivity contribution in [3.63, 3.8) is 0 Å². The summed E-state index contributed by atoms with van der Waals surface area (Å²) in [6.07, 6.45) is 0.998. The molecule has 0 aliphatic rings. The average Bonchev–Trinajstić information content (AvgIpc) is 3.13. The number of carbonyl (C=O) groups excluding carboxylic acids is 2. The third-order valence-corrected chi connectivity index (χ3v) is 5.00. The predicted molar refractivity (Wildman–Crippen MR) is 112 cm³/mol. The molecule has 0 fully saturated rings. The molecule has 1 aromatic carbocycles. The number of hydrogen-bond donors (Lipinski definition) is 1.